The molecule has 41 heavy (non-hydrogen) atoms. The number of hydrogen-bond donors (Lipinski definition) is 1. The first-order valence-electron chi connectivity index (χ1n) is 14.7. The van der Waals surface area contributed by atoms with E-state index in [-0.39, 0.29) is 17.7 Å². The summed E-state index contributed by atoms with van der Waals surface area (Å²) in [5, 5.41) is 3.27. The van der Waals surface area contributed by atoms with Crippen LogP contribution in [0.15, 0.2) is 78.9 Å². The van der Waals surface area contributed by atoms with Gasteiger partial charge in [-0.05, 0) is 99.3 Å². The van der Waals surface area contributed by atoms with Crippen LogP contribution in [0.1, 0.15) is 54.4 Å². The van der Waals surface area contributed by atoms with Gasteiger partial charge in [-0.2, -0.15) is 0 Å². The Bertz CT molecular complexity index is 1190. The van der Waals surface area contributed by atoms with Gasteiger partial charge in [0, 0.05) is 31.0 Å². The number of rotatable bonds is 17. The van der Waals surface area contributed by atoms with E-state index in [2.05, 4.69) is 22.3 Å². The maximum absolute atomic E-state index is 12.8. The molecule has 1 heterocycles. The van der Waals surface area contributed by atoms with Crippen molar-refractivity contribution in [3.63, 3.8) is 0 Å². The van der Waals surface area contributed by atoms with Crippen molar-refractivity contribution in [2.24, 2.45) is 0 Å². The summed E-state index contributed by atoms with van der Waals surface area (Å²) in [6.07, 6.45) is 5.41. The Kier molecular flexibility index (Phi) is 12.1. The van der Waals surface area contributed by atoms with Crippen LogP contribution < -0.4 is 19.5 Å². The summed E-state index contributed by atoms with van der Waals surface area (Å²) in [4.78, 5) is 27.7. The highest BCUT2D eigenvalue weighted by Gasteiger charge is 2.20. The second-order valence-electron chi connectivity index (χ2n) is 10.5. The van der Waals surface area contributed by atoms with E-state index in [1.807, 2.05) is 42.5 Å². The molecule has 218 valence electrons. The lowest BCUT2D eigenvalue weighted by Crippen LogP contribution is -2.44. The molecule has 7 nitrogen and oxygen atoms in total. The molecule has 3 aromatic carbocycles. The zero-order valence-corrected chi connectivity index (χ0v) is 24.1. The molecule has 1 N–H and O–H groups in total. The number of likely N-dealkylation sites (tertiary alicyclic amines) is 1. The zero-order chi connectivity index (χ0) is 28.7. The number of benzene rings is 3. The zero-order valence-electron chi connectivity index (χ0n) is 24.1. The van der Waals surface area contributed by atoms with E-state index in [4.69, 9.17) is 14.2 Å². The molecule has 1 fully saturated rings. The molecule has 0 bridgehead atoms. The smallest absolute Gasteiger partial charge is 0.220 e. The Labute approximate surface area is 243 Å². The number of unbranched alkanes of at least 4 members (excludes halogenated alkanes) is 1. The van der Waals surface area contributed by atoms with Gasteiger partial charge in [0.2, 0.25) is 5.91 Å². The van der Waals surface area contributed by atoms with Crippen molar-refractivity contribution < 1.29 is 23.8 Å². The van der Waals surface area contributed by atoms with Crippen molar-refractivity contribution in [3.05, 3.63) is 90.0 Å². The molecular formula is C34H42N2O5. The monoisotopic (exact) mass is 558 g/mol. The first-order chi connectivity index (χ1) is 20.1. The van der Waals surface area contributed by atoms with Crippen molar-refractivity contribution in [1.29, 1.82) is 0 Å². The summed E-state index contributed by atoms with van der Waals surface area (Å²) in [6.45, 7) is 3.95. The van der Waals surface area contributed by atoms with E-state index in [1.54, 1.807) is 31.4 Å². The third kappa shape index (κ3) is 10.6. The molecule has 1 atom stereocenters. The summed E-state index contributed by atoms with van der Waals surface area (Å²) in [7, 11) is 1.61. The quantitative estimate of drug-likeness (QED) is 0.169. The second kappa shape index (κ2) is 16.4. The molecule has 0 unspecified atom stereocenters. The predicted molar refractivity (Wildman–Crippen MR) is 161 cm³/mol. The van der Waals surface area contributed by atoms with Crippen molar-refractivity contribution in [2.75, 3.05) is 40.0 Å². The first kappa shape index (κ1) is 30.1. The minimum absolute atomic E-state index is 0.0348. The largest absolute Gasteiger partial charge is 0.497 e. The lowest BCUT2D eigenvalue weighted by atomic mass is 10.0. The molecule has 4 rings (SSSR count). The summed E-state index contributed by atoms with van der Waals surface area (Å²) in [5.41, 5.74) is 1.84. The van der Waals surface area contributed by atoms with Crippen LogP contribution >= 0.6 is 0 Å². The lowest BCUT2D eigenvalue weighted by molar-refractivity contribution is -0.122. The number of hydrogen-bond acceptors (Lipinski definition) is 6. The van der Waals surface area contributed by atoms with Crippen LogP contribution in [0.4, 0.5) is 0 Å². The molecule has 7 heteroatoms. The first-order valence-corrected chi connectivity index (χ1v) is 14.7. The van der Waals surface area contributed by atoms with E-state index < -0.39 is 0 Å². The minimum atomic E-state index is 0.0348. The standard InChI is InChI=1S/C34H42N2O5/c1-39-30-19-15-28(16-20-30)33(37)11-5-6-12-34(38)35-29(26-36-21-7-8-22-36)25-27-13-17-32(18-14-27)41-24-23-40-31-9-3-2-4-10-31/h2-4,9-10,13-20,29H,5-8,11-12,21-26H2,1H3,(H,35,38)/t29-/m0/s1. The van der Waals surface area contributed by atoms with Crippen molar-refractivity contribution in [2.45, 2.75) is 51.0 Å². The molecule has 0 aliphatic carbocycles. The van der Waals surface area contributed by atoms with Gasteiger partial charge in [-0.3, -0.25) is 9.59 Å². The average Bonchev–Trinajstić information content (AvgIpc) is 3.52. The lowest BCUT2D eigenvalue weighted by Gasteiger charge is -2.25. The number of ketones is 1. The van der Waals surface area contributed by atoms with Crippen LogP contribution in [0.5, 0.6) is 17.2 Å². The number of carbonyl (C=O) groups excluding carboxylic acids is 2. The van der Waals surface area contributed by atoms with E-state index in [9.17, 15) is 9.59 Å². The Morgan fingerprint density at radius 2 is 1.39 bits per heavy atom. The average molecular weight is 559 g/mol. The fraction of sp³-hybridized carbons (Fsp3) is 0.412. The van der Waals surface area contributed by atoms with Crippen LogP contribution in [-0.2, 0) is 11.2 Å². The number of methoxy groups -OCH3 is 1. The van der Waals surface area contributed by atoms with Crippen molar-refractivity contribution in [3.8, 4) is 17.2 Å². The van der Waals surface area contributed by atoms with E-state index in [0.29, 0.717) is 44.5 Å². The van der Waals surface area contributed by atoms with Gasteiger partial charge in [-0.15, -0.1) is 0 Å². The molecule has 0 saturated carbocycles. The van der Waals surface area contributed by atoms with Gasteiger partial charge in [0.15, 0.2) is 5.78 Å². The van der Waals surface area contributed by atoms with Crippen LogP contribution in [0.3, 0.4) is 0 Å². The number of para-hydroxylation sites is 1. The summed E-state index contributed by atoms with van der Waals surface area (Å²) in [5.74, 6) is 2.51. The van der Waals surface area contributed by atoms with Gasteiger partial charge in [0.1, 0.15) is 30.5 Å². The minimum Gasteiger partial charge on any atom is -0.497 e. The Hall–Kier alpha value is -3.84. The molecule has 1 aliphatic heterocycles. The molecule has 3 aromatic rings. The van der Waals surface area contributed by atoms with Gasteiger partial charge in [-0.25, -0.2) is 0 Å². The molecule has 1 saturated heterocycles. The number of nitrogens with one attached hydrogen (secondary N) is 1. The molecule has 0 aromatic heterocycles. The maximum Gasteiger partial charge on any atom is 0.220 e. The number of amides is 1. The van der Waals surface area contributed by atoms with Crippen molar-refractivity contribution >= 4 is 11.7 Å². The summed E-state index contributed by atoms with van der Waals surface area (Å²) >= 11 is 0. The van der Waals surface area contributed by atoms with Gasteiger partial charge in [0.25, 0.3) is 0 Å². The number of nitrogens with zero attached hydrogens (tertiary/aromatic N) is 1. The van der Waals surface area contributed by atoms with Crippen molar-refractivity contribution in [1.82, 2.24) is 10.2 Å². The Morgan fingerprint density at radius 1 is 0.780 bits per heavy atom. The highest BCUT2D eigenvalue weighted by atomic mass is 16.5. The maximum atomic E-state index is 12.8. The topological polar surface area (TPSA) is 77.1 Å². The highest BCUT2D eigenvalue weighted by Crippen LogP contribution is 2.17. The highest BCUT2D eigenvalue weighted by molar-refractivity contribution is 5.96. The molecule has 0 spiro atoms. The molecule has 1 amide bonds. The SMILES string of the molecule is COc1ccc(C(=O)CCCCC(=O)N[C@@H](Cc2ccc(OCCOc3ccccc3)cc2)CN2CCCC2)cc1. The van der Waals surface area contributed by atoms with Gasteiger partial charge in [-0.1, -0.05) is 30.3 Å². The normalized spacial score (nSPS) is 13.9. The predicted octanol–water partition coefficient (Wildman–Crippen LogP) is 5.72. The molecule has 0 radical (unpaired) electrons. The van der Waals surface area contributed by atoms with E-state index in [0.717, 1.165) is 48.9 Å². The van der Waals surface area contributed by atoms with Crippen LogP contribution in [0.2, 0.25) is 0 Å². The fourth-order valence-corrected chi connectivity index (χ4v) is 5.07. The molecular weight excluding hydrogens is 516 g/mol. The van der Waals surface area contributed by atoms with Gasteiger partial charge in [0.05, 0.1) is 7.11 Å². The van der Waals surface area contributed by atoms with Crippen LogP contribution in [0.25, 0.3) is 0 Å². The molecule has 1 aliphatic rings. The van der Waals surface area contributed by atoms with Gasteiger partial charge >= 0.3 is 0 Å². The second-order valence-corrected chi connectivity index (χ2v) is 10.5. The summed E-state index contributed by atoms with van der Waals surface area (Å²) in [6, 6.07) is 25.0. The summed E-state index contributed by atoms with van der Waals surface area (Å²) < 4.78 is 16.7. The number of ether oxygens (including phenoxy) is 3. The van der Waals surface area contributed by atoms with E-state index in [1.165, 1.54) is 12.8 Å². The Morgan fingerprint density at radius 3 is 2.05 bits per heavy atom. The Balaban J connectivity index is 1.20. The van der Waals surface area contributed by atoms with E-state index >= 15 is 0 Å². The third-order valence-electron chi connectivity index (χ3n) is 7.28. The van der Waals surface area contributed by atoms with Gasteiger partial charge < -0.3 is 24.4 Å². The van der Waals surface area contributed by atoms with Crippen LogP contribution in [-0.4, -0.2) is 62.6 Å². The fourth-order valence-electron chi connectivity index (χ4n) is 5.07. The number of carbonyl (C=O) groups is 2. The number of Topliss-reactive ketones (excluding diaryl/α,β-unsaturated/α-hetero) is 1. The van der Waals surface area contributed by atoms with Crippen LogP contribution in [0, 0.1) is 0 Å². The third-order valence-corrected chi connectivity index (χ3v) is 7.28.